The maximum atomic E-state index is 12.0. The number of rotatable bonds is 5. The first-order chi connectivity index (χ1) is 9.19. The SMILES string of the molecule is CC(C)(CC(=O)O)NC(=O)c1ccc(NC(N)=O)cc1. The molecule has 1 rings (SSSR count). The van der Waals surface area contributed by atoms with E-state index in [1.54, 1.807) is 13.8 Å². The summed E-state index contributed by atoms with van der Waals surface area (Å²) >= 11 is 0. The molecule has 5 N–H and O–H groups in total. The minimum absolute atomic E-state index is 0.181. The Morgan fingerprint density at radius 2 is 1.75 bits per heavy atom. The quantitative estimate of drug-likeness (QED) is 0.646. The minimum Gasteiger partial charge on any atom is -0.481 e. The van der Waals surface area contributed by atoms with Crippen molar-refractivity contribution < 1.29 is 19.5 Å². The van der Waals surface area contributed by atoms with Crippen LogP contribution in [0.25, 0.3) is 0 Å². The summed E-state index contributed by atoms with van der Waals surface area (Å²) < 4.78 is 0. The second-order valence-electron chi connectivity index (χ2n) is 4.98. The van der Waals surface area contributed by atoms with Crippen molar-refractivity contribution in [3.8, 4) is 0 Å². The van der Waals surface area contributed by atoms with Crippen LogP contribution in [0.3, 0.4) is 0 Å². The van der Waals surface area contributed by atoms with Gasteiger partial charge in [-0.25, -0.2) is 4.79 Å². The van der Waals surface area contributed by atoms with Crippen LogP contribution in [0.5, 0.6) is 0 Å². The summed E-state index contributed by atoms with van der Waals surface area (Å²) in [7, 11) is 0. The zero-order chi connectivity index (χ0) is 15.3. The van der Waals surface area contributed by atoms with Gasteiger partial charge in [-0.3, -0.25) is 9.59 Å². The van der Waals surface area contributed by atoms with Gasteiger partial charge in [0.15, 0.2) is 0 Å². The number of hydrogen-bond donors (Lipinski definition) is 4. The number of urea groups is 1. The Labute approximate surface area is 116 Å². The van der Waals surface area contributed by atoms with E-state index >= 15 is 0 Å². The molecular weight excluding hydrogens is 262 g/mol. The lowest BCUT2D eigenvalue weighted by Gasteiger charge is -2.24. The largest absolute Gasteiger partial charge is 0.481 e. The van der Waals surface area contributed by atoms with Crippen molar-refractivity contribution >= 4 is 23.6 Å². The smallest absolute Gasteiger partial charge is 0.316 e. The van der Waals surface area contributed by atoms with Gasteiger partial charge in [0.2, 0.25) is 0 Å². The molecule has 0 unspecified atom stereocenters. The fraction of sp³-hybridized carbons (Fsp3) is 0.308. The van der Waals surface area contributed by atoms with E-state index in [2.05, 4.69) is 10.6 Å². The first-order valence-electron chi connectivity index (χ1n) is 5.90. The van der Waals surface area contributed by atoms with Crippen LogP contribution in [0.1, 0.15) is 30.6 Å². The van der Waals surface area contributed by atoms with Crippen LogP contribution in [0, 0.1) is 0 Å². The van der Waals surface area contributed by atoms with E-state index in [9.17, 15) is 14.4 Å². The Kier molecular flexibility index (Phi) is 4.68. The van der Waals surface area contributed by atoms with E-state index in [0.29, 0.717) is 11.3 Å². The molecule has 1 aromatic rings. The van der Waals surface area contributed by atoms with Crippen molar-refractivity contribution in [3.63, 3.8) is 0 Å². The summed E-state index contributed by atoms with van der Waals surface area (Å²) in [6.45, 7) is 3.25. The second kappa shape index (κ2) is 6.05. The Hall–Kier alpha value is -2.57. The summed E-state index contributed by atoms with van der Waals surface area (Å²) in [5.41, 5.74) is 4.94. The molecule has 0 bridgehead atoms. The molecule has 0 aliphatic heterocycles. The predicted octanol–water partition coefficient (Wildman–Crippen LogP) is 1.16. The third kappa shape index (κ3) is 4.97. The van der Waals surface area contributed by atoms with E-state index in [1.165, 1.54) is 24.3 Å². The lowest BCUT2D eigenvalue weighted by atomic mass is 10.00. The Bertz CT molecular complexity index is 523. The average Bonchev–Trinajstić information content (AvgIpc) is 2.26. The molecular formula is C13H17N3O4. The second-order valence-corrected chi connectivity index (χ2v) is 4.98. The molecule has 0 heterocycles. The number of aliphatic carboxylic acids is 1. The summed E-state index contributed by atoms with van der Waals surface area (Å²) in [6.07, 6.45) is -0.181. The van der Waals surface area contributed by atoms with Gasteiger partial charge in [0.1, 0.15) is 0 Å². The van der Waals surface area contributed by atoms with Crippen LogP contribution in [-0.4, -0.2) is 28.6 Å². The molecule has 0 aliphatic carbocycles. The molecule has 0 aromatic heterocycles. The molecule has 1 aromatic carbocycles. The average molecular weight is 279 g/mol. The van der Waals surface area contributed by atoms with Gasteiger partial charge < -0.3 is 21.5 Å². The lowest BCUT2D eigenvalue weighted by molar-refractivity contribution is -0.138. The van der Waals surface area contributed by atoms with Crippen LogP contribution < -0.4 is 16.4 Å². The number of nitrogens with two attached hydrogens (primary N) is 1. The predicted molar refractivity (Wildman–Crippen MR) is 73.4 cm³/mol. The summed E-state index contributed by atoms with van der Waals surface area (Å²) in [6, 6.07) is 5.40. The first-order valence-corrected chi connectivity index (χ1v) is 5.90. The van der Waals surface area contributed by atoms with Gasteiger partial charge in [-0.1, -0.05) is 0 Å². The number of carbonyl (C=O) groups is 3. The van der Waals surface area contributed by atoms with E-state index in [4.69, 9.17) is 10.8 Å². The van der Waals surface area contributed by atoms with Crippen molar-refractivity contribution in [2.45, 2.75) is 25.8 Å². The number of carbonyl (C=O) groups excluding carboxylic acids is 2. The lowest BCUT2D eigenvalue weighted by Crippen LogP contribution is -2.44. The third-order valence-corrected chi connectivity index (χ3v) is 2.46. The molecule has 0 atom stereocenters. The highest BCUT2D eigenvalue weighted by Crippen LogP contribution is 2.13. The van der Waals surface area contributed by atoms with Crippen molar-refractivity contribution in [2.24, 2.45) is 5.73 Å². The standard InChI is InChI=1S/C13H17N3O4/c1-13(2,7-10(17)18)16-11(19)8-3-5-9(6-4-8)15-12(14)20/h3-6H,7H2,1-2H3,(H,16,19)(H,17,18)(H3,14,15,20). The van der Waals surface area contributed by atoms with E-state index < -0.39 is 17.5 Å². The van der Waals surface area contributed by atoms with Gasteiger partial charge in [0.25, 0.3) is 5.91 Å². The molecule has 0 spiro atoms. The van der Waals surface area contributed by atoms with Gasteiger partial charge in [0.05, 0.1) is 6.42 Å². The van der Waals surface area contributed by atoms with Crippen molar-refractivity contribution in [2.75, 3.05) is 5.32 Å². The first kappa shape index (κ1) is 15.5. The molecule has 0 aliphatic rings. The molecule has 20 heavy (non-hydrogen) atoms. The molecule has 3 amide bonds. The van der Waals surface area contributed by atoms with Gasteiger partial charge >= 0.3 is 12.0 Å². The number of carboxylic acids is 1. The van der Waals surface area contributed by atoms with Crippen molar-refractivity contribution in [3.05, 3.63) is 29.8 Å². The van der Waals surface area contributed by atoms with E-state index in [-0.39, 0.29) is 12.3 Å². The molecule has 108 valence electrons. The summed E-state index contributed by atoms with van der Waals surface area (Å²) in [4.78, 5) is 33.3. The van der Waals surface area contributed by atoms with Crippen LogP contribution in [0.15, 0.2) is 24.3 Å². The Balaban J connectivity index is 2.73. The molecule has 0 fully saturated rings. The van der Waals surface area contributed by atoms with Crippen LogP contribution in [0.4, 0.5) is 10.5 Å². The fourth-order valence-electron chi connectivity index (χ4n) is 1.65. The normalized spacial score (nSPS) is 10.7. The maximum absolute atomic E-state index is 12.0. The number of carboxylic acid groups (broad SMARTS) is 1. The van der Waals surface area contributed by atoms with E-state index in [1.807, 2.05) is 0 Å². The molecule has 7 nitrogen and oxygen atoms in total. The molecule has 0 saturated carbocycles. The zero-order valence-corrected chi connectivity index (χ0v) is 11.3. The highest BCUT2D eigenvalue weighted by Gasteiger charge is 2.24. The van der Waals surface area contributed by atoms with E-state index in [0.717, 1.165) is 0 Å². The number of primary amides is 1. The molecule has 0 saturated heterocycles. The van der Waals surface area contributed by atoms with Gasteiger partial charge in [-0.2, -0.15) is 0 Å². The zero-order valence-electron chi connectivity index (χ0n) is 11.3. The number of nitrogens with one attached hydrogen (secondary N) is 2. The topological polar surface area (TPSA) is 122 Å². The minimum atomic E-state index is -0.990. The van der Waals surface area contributed by atoms with Gasteiger partial charge in [-0.05, 0) is 38.1 Å². The number of anilines is 1. The molecule has 7 heteroatoms. The molecule has 0 radical (unpaired) electrons. The number of benzene rings is 1. The maximum Gasteiger partial charge on any atom is 0.316 e. The van der Waals surface area contributed by atoms with Crippen LogP contribution in [-0.2, 0) is 4.79 Å². The highest BCUT2D eigenvalue weighted by molar-refractivity contribution is 5.96. The van der Waals surface area contributed by atoms with Crippen LogP contribution in [0.2, 0.25) is 0 Å². The number of amides is 3. The summed E-state index contributed by atoms with van der Waals surface area (Å²) in [5, 5.41) is 13.8. The Morgan fingerprint density at radius 1 is 1.20 bits per heavy atom. The Morgan fingerprint density at radius 3 is 2.20 bits per heavy atom. The summed E-state index contributed by atoms with van der Waals surface area (Å²) in [5.74, 6) is -1.38. The fourth-order valence-corrected chi connectivity index (χ4v) is 1.65. The van der Waals surface area contributed by atoms with Crippen LogP contribution >= 0.6 is 0 Å². The monoisotopic (exact) mass is 279 g/mol. The van der Waals surface area contributed by atoms with Crippen molar-refractivity contribution in [1.82, 2.24) is 5.32 Å². The van der Waals surface area contributed by atoms with Gasteiger partial charge in [-0.15, -0.1) is 0 Å². The van der Waals surface area contributed by atoms with Crippen molar-refractivity contribution in [1.29, 1.82) is 0 Å². The van der Waals surface area contributed by atoms with Gasteiger partial charge in [0, 0.05) is 16.8 Å². The highest BCUT2D eigenvalue weighted by atomic mass is 16.4. The number of hydrogen-bond acceptors (Lipinski definition) is 3. The third-order valence-electron chi connectivity index (χ3n) is 2.46.